The zero-order valence-corrected chi connectivity index (χ0v) is 18.7. The molecule has 12 heteroatoms. The Labute approximate surface area is 196 Å². The van der Waals surface area contributed by atoms with Gasteiger partial charge < -0.3 is 4.98 Å². The van der Waals surface area contributed by atoms with Crippen LogP contribution in [0.2, 0.25) is 0 Å². The highest BCUT2D eigenvalue weighted by atomic mass is 19.4. The van der Waals surface area contributed by atoms with Gasteiger partial charge in [0.25, 0.3) is 5.56 Å². The van der Waals surface area contributed by atoms with E-state index in [4.69, 9.17) is 0 Å². The van der Waals surface area contributed by atoms with Crippen LogP contribution < -0.4 is 5.56 Å². The average Bonchev–Trinajstić information content (AvgIpc) is 3.17. The largest absolute Gasteiger partial charge is 0.433 e. The van der Waals surface area contributed by atoms with Crippen molar-refractivity contribution in [1.82, 2.24) is 34.7 Å². The minimum absolute atomic E-state index is 0.0150. The number of fused-ring (bicyclic) bond motifs is 1. The number of nitrogens with one attached hydrogen (secondary N) is 1. The third kappa shape index (κ3) is 3.92. The predicted molar refractivity (Wildman–Crippen MR) is 117 cm³/mol. The summed E-state index contributed by atoms with van der Waals surface area (Å²) < 4.78 is 40.1. The monoisotopic (exact) mass is 480 g/mol. The Morgan fingerprint density at radius 3 is 2.54 bits per heavy atom. The van der Waals surface area contributed by atoms with Crippen LogP contribution >= 0.6 is 0 Å². The van der Waals surface area contributed by atoms with Crippen LogP contribution in [0.4, 0.5) is 13.2 Å². The number of aromatic amines is 1. The zero-order valence-electron chi connectivity index (χ0n) is 18.7. The maximum absolute atomic E-state index is 13.0. The van der Waals surface area contributed by atoms with Gasteiger partial charge in [0.15, 0.2) is 11.3 Å². The normalized spacial score (nSPS) is 18.7. The van der Waals surface area contributed by atoms with E-state index in [1.165, 1.54) is 10.7 Å². The van der Waals surface area contributed by atoms with Crippen LogP contribution in [0, 0.1) is 18.3 Å². The fourth-order valence-electron chi connectivity index (χ4n) is 4.33. The minimum Gasteiger partial charge on any atom is -0.310 e. The van der Waals surface area contributed by atoms with Gasteiger partial charge in [-0.05, 0) is 44.4 Å². The minimum atomic E-state index is -4.56. The van der Waals surface area contributed by atoms with E-state index < -0.39 is 23.5 Å². The lowest BCUT2D eigenvalue weighted by molar-refractivity contribution is -0.141. The lowest BCUT2D eigenvalue weighted by Gasteiger charge is -2.34. The van der Waals surface area contributed by atoms with E-state index in [9.17, 15) is 23.2 Å². The molecule has 5 rings (SSSR count). The van der Waals surface area contributed by atoms with Crippen molar-refractivity contribution in [3.8, 4) is 6.07 Å². The van der Waals surface area contributed by atoms with E-state index in [1.54, 1.807) is 13.1 Å². The summed E-state index contributed by atoms with van der Waals surface area (Å²) >= 11 is 0. The number of halogens is 3. The van der Waals surface area contributed by atoms with Crippen LogP contribution in [-0.2, 0) is 6.18 Å². The van der Waals surface area contributed by atoms with Gasteiger partial charge >= 0.3 is 6.18 Å². The number of nitriles is 1. The summed E-state index contributed by atoms with van der Waals surface area (Å²) in [5, 5.41) is 13.8. The standard InChI is InChI=1S/C23H19F3N8O/c1-11-7-8-28-19(30-11)14-4-5-15(14)20-31-21-18(22(35)32-20)16(9-27)33-34(21)12(2)13-3-6-17(29-10-13)23(24,25)26/h3,6-8,10,12,14-15H,4-5H2,1-2H3,(H,31,32,35)/t12?,14-,15-/m1/s1. The number of nitrogens with zero attached hydrogens (tertiary/aromatic N) is 7. The second-order valence-corrected chi connectivity index (χ2v) is 8.55. The van der Waals surface area contributed by atoms with Crippen molar-refractivity contribution >= 4 is 11.0 Å². The van der Waals surface area contributed by atoms with Gasteiger partial charge in [-0.25, -0.2) is 19.6 Å². The molecule has 0 saturated heterocycles. The highest BCUT2D eigenvalue weighted by Crippen LogP contribution is 2.46. The highest BCUT2D eigenvalue weighted by Gasteiger charge is 2.38. The van der Waals surface area contributed by atoms with Gasteiger partial charge in [-0.1, -0.05) is 6.07 Å². The topological polar surface area (TPSA) is 126 Å². The first kappa shape index (κ1) is 22.6. The maximum Gasteiger partial charge on any atom is 0.433 e. The quantitative estimate of drug-likeness (QED) is 0.471. The average molecular weight is 480 g/mol. The van der Waals surface area contributed by atoms with Crippen molar-refractivity contribution in [3.63, 3.8) is 0 Å². The molecule has 0 amide bonds. The van der Waals surface area contributed by atoms with E-state index in [-0.39, 0.29) is 28.6 Å². The number of aryl methyl sites for hydroxylation is 1. The molecular weight excluding hydrogens is 461 g/mol. The second kappa shape index (κ2) is 8.26. The number of hydrogen-bond donors (Lipinski definition) is 1. The molecule has 4 aromatic rings. The summed E-state index contributed by atoms with van der Waals surface area (Å²) in [6.45, 7) is 3.57. The smallest absolute Gasteiger partial charge is 0.310 e. The van der Waals surface area contributed by atoms with Crippen molar-refractivity contribution in [2.75, 3.05) is 0 Å². The van der Waals surface area contributed by atoms with E-state index >= 15 is 0 Å². The molecule has 0 spiro atoms. The molecule has 0 aromatic carbocycles. The molecule has 0 aliphatic heterocycles. The number of rotatable bonds is 4. The van der Waals surface area contributed by atoms with E-state index in [2.05, 4.69) is 30.0 Å². The maximum atomic E-state index is 13.0. The van der Waals surface area contributed by atoms with Gasteiger partial charge in [0.2, 0.25) is 0 Å². The molecule has 0 radical (unpaired) electrons. The van der Waals surface area contributed by atoms with Gasteiger partial charge in [-0.2, -0.15) is 23.5 Å². The van der Waals surface area contributed by atoms with E-state index in [0.29, 0.717) is 17.2 Å². The van der Waals surface area contributed by atoms with Crippen LogP contribution in [0.15, 0.2) is 35.4 Å². The Bertz CT molecular complexity index is 1520. The fraction of sp³-hybridized carbons (Fsp3) is 0.348. The van der Waals surface area contributed by atoms with Crippen molar-refractivity contribution < 1.29 is 13.2 Å². The molecule has 0 bridgehead atoms. The second-order valence-electron chi connectivity index (χ2n) is 8.55. The summed E-state index contributed by atoms with van der Waals surface area (Å²) in [7, 11) is 0. The van der Waals surface area contributed by atoms with Crippen molar-refractivity contribution in [3.05, 3.63) is 75.2 Å². The number of H-pyrrole nitrogens is 1. The van der Waals surface area contributed by atoms with Gasteiger partial charge in [0.1, 0.15) is 28.8 Å². The summed E-state index contributed by atoms with van der Waals surface area (Å²) in [4.78, 5) is 32.8. The molecule has 3 atom stereocenters. The first-order chi connectivity index (χ1) is 16.7. The SMILES string of the molecule is Cc1ccnc([C@@H]2CC[C@H]2c2nc3c(c(C#N)nn3C(C)c3ccc(C(F)(F)F)nc3)c(=O)[nH]2)n1. The molecule has 4 heterocycles. The van der Waals surface area contributed by atoms with Crippen LogP contribution in [0.5, 0.6) is 0 Å². The number of hydrogen-bond acceptors (Lipinski definition) is 7. The molecule has 4 aromatic heterocycles. The molecule has 35 heavy (non-hydrogen) atoms. The Morgan fingerprint density at radius 2 is 1.94 bits per heavy atom. The van der Waals surface area contributed by atoms with Gasteiger partial charge in [-0.3, -0.25) is 9.78 Å². The molecule has 1 fully saturated rings. The summed E-state index contributed by atoms with van der Waals surface area (Å²) in [6.07, 6.45) is -0.142. The molecule has 1 N–H and O–H groups in total. The third-order valence-electron chi connectivity index (χ3n) is 6.38. The molecule has 178 valence electrons. The lowest BCUT2D eigenvalue weighted by atomic mass is 9.72. The summed E-state index contributed by atoms with van der Waals surface area (Å²) in [5.74, 6) is 0.983. The number of pyridine rings is 1. The van der Waals surface area contributed by atoms with Gasteiger partial charge in [0, 0.05) is 29.9 Å². The molecule has 1 saturated carbocycles. The van der Waals surface area contributed by atoms with Crippen LogP contribution in [-0.4, -0.2) is 34.7 Å². The van der Waals surface area contributed by atoms with E-state index in [0.717, 1.165) is 30.8 Å². The Morgan fingerprint density at radius 1 is 1.17 bits per heavy atom. The molecule has 1 aliphatic carbocycles. The van der Waals surface area contributed by atoms with Gasteiger partial charge in [-0.15, -0.1) is 0 Å². The van der Waals surface area contributed by atoms with Crippen molar-refractivity contribution in [1.29, 1.82) is 5.26 Å². The highest BCUT2D eigenvalue weighted by molar-refractivity contribution is 5.80. The Hall–Kier alpha value is -4.14. The Kier molecular flexibility index (Phi) is 5.35. The Balaban J connectivity index is 1.57. The van der Waals surface area contributed by atoms with Gasteiger partial charge in [0.05, 0.1) is 6.04 Å². The zero-order chi connectivity index (χ0) is 24.9. The fourth-order valence-corrected chi connectivity index (χ4v) is 4.33. The van der Waals surface area contributed by atoms with Crippen LogP contribution in [0.3, 0.4) is 0 Å². The predicted octanol–water partition coefficient (Wildman–Crippen LogP) is 3.77. The van der Waals surface area contributed by atoms with E-state index in [1.807, 2.05) is 19.1 Å². The molecule has 1 aliphatic rings. The third-order valence-corrected chi connectivity index (χ3v) is 6.38. The molecule has 9 nitrogen and oxygen atoms in total. The molecule has 1 unspecified atom stereocenters. The summed E-state index contributed by atoms with van der Waals surface area (Å²) in [6, 6.07) is 5.27. The molecular formula is C23H19F3N8O. The first-order valence-corrected chi connectivity index (χ1v) is 10.9. The van der Waals surface area contributed by atoms with Crippen LogP contribution in [0.25, 0.3) is 11.0 Å². The van der Waals surface area contributed by atoms with Crippen molar-refractivity contribution in [2.45, 2.75) is 50.7 Å². The van der Waals surface area contributed by atoms with Crippen LogP contribution in [0.1, 0.15) is 71.9 Å². The first-order valence-electron chi connectivity index (χ1n) is 10.9. The summed E-state index contributed by atoms with van der Waals surface area (Å²) in [5.41, 5.74) is -0.176. The van der Waals surface area contributed by atoms with Crippen molar-refractivity contribution in [2.24, 2.45) is 0 Å². The number of alkyl halides is 3. The number of aromatic nitrogens is 7. The lowest BCUT2D eigenvalue weighted by Crippen LogP contribution is -2.28.